The second-order valence-corrected chi connectivity index (χ2v) is 2.49. The minimum absolute atomic E-state index is 0.0197. The molecule has 0 fully saturated rings. The predicted octanol–water partition coefficient (Wildman–Crippen LogP) is 0.642. The molecule has 0 unspecified atom stereocenters. The van der Waals surface area contributed by atoms with Crippen molar-refractivity contribution in [2.75, 3.05) is 11.5 Å². The van der Waals surface area contributed by atoms with Crippen LogP contribution in [0.1, 0.15) is 17.7 Å². The maximum atomic E-state index is 12.4. The Labute approximate surface area is 73.7 Å². The minimum Gasteiger partial charge on any atom is -0.397 e. The van der Waals surface area contributed by atoms with Crippen LogP contribution >= 0.6 is 0 Å². The lowest BCUT2D eigenvalue weighted by molar-refractivity contribution is 0.153. The van der Waals surface area contributed by atoms with E-state index >= 15 is 0 Å². The summed E-state index contributed by atoms with van der Waals surface area (Å²) < 4.78 is 24.8. The van der Waals surface area contributed by atoms with Crippen molar-refractivity contribution in [3.63, 3.8) is 0 Å². The summed E-state index contributed by atoms with van der Waals surface area (Å²) in [4.78, 5) is 3.73. The van der Waals surface area contributed by atoms with Gasteiger partial charge in [-0.05, 0) is 0 Å². The van der Waals surface area contributed by atoms with E-state index in [9.17, 15) is 8.78 Å². The molecule has 1 aromatic heterocycles. The smallest absolute Gasteiger partial charge is 0.267 e. The molecule has 0 spiro atoms. The van der Waals surface area contributed by atoms with Crippen molar-refractivity contribution in [1.29, 1.82) is 0 Å². The lowest BCUT2D eigenvalue weighted by Crippen LogP contribution is -2.09. The molecule has 0 amide bonds. The van der Waals surface area contributed by atoms with Gasteiger partial charge < -0.3 is 17.2 Å². The monoisotopic (exact) mass is 188 g/mol. The fourth-order valence-corrected chi connectivity index (χ4v) is 1.00. The van der Waals surface area contributed by atoms with Gasteiger partial charge in [-0.3, -0.25) is 4.98 Å². The van der Waals surface area contributed by atoms with E-state index in [-0.39, 0.29) is 29.2 Å². The molecule has 13 heavy (non-hydrogen) atoms. The van der Waals surface area contributed by atoms with Gasteiger partial charge in [-0.2, -0.15) is 0 Å². The van der Waals surface area contributed by atoms with Crippen LogP contribution in [0.2, 0.25) is 0 Å². The number of pyridine rings is 1. The lowest BCUT2D eigenvalue weighted by atomic mass is 10.1. The van der Waals surface area contributed by atoms with Gasteiger partial charge in [0, 0.05) is 6.54 Å². The van der Waals surface area contributed by atoms with Crippen molar-refractivity contribution in [3.8, 4) is 0 Å². The van der Waals surface area contributed by atoms with Crippen LogP contribution < -0.4 is 17.2 Å². The summed E-state index contributed by atoms with van der Waals surface area (Å²) in [5, 5.41) is 0. The molecule has 1 heterocycles. The van der Waals surface area contributed by atoms with Crippen LogP contribution in [0, 0.1) is 0 Å². The molecule has 6 N–H and O–H groups in total. The lowest BCUT2D eigenvalue weighted by Gasteiger charge is -2.10. The first-order valence-corrected chi connectivity index (χ1v) is 3.58. The Morgan fingerprint density at radius 2 is 2.00 bits per heavy atom. The first-order chi connectivity index (χ1) is 6.07. The molecule has 6 heteroatoms. The van der Waals surface area contributed by atoms with Crippen LogP contribution in [-0.4, -0.2) is 4.98 Å². The van der Waals surface area contributed by atoms with Gasteiger partial charge in [0.2, 0.25) is 0 Å². The van der Waals surface area contributed by atoms with E-state index < -0.39 is 6.43 Å². The standard InChI is InChI=1S/C7H10F2N4/c8-7(9)5-3(11)2-13-4(1-10)6(5)12/h2,7H,1,10-12H2. The average molecular weight is 188 g/mol. The molecular formula is C7H10F2N4. The van der Waals surface area contributed by atoms with Crippen LogP contribution in [0.3, 0.4) is 0 Å². The molecule has 72 valence electrons. The first kappa shape index (κ1) is 9.66. The van der Waals surface area contributed by atoms with Gasteiger partial charge in [0.15, 0.2) is 0 Å². The second-order valence-electron chi connectivity index (χ2n) is 2.49. The van der Waals surface area contributed by atoms with Gasteiger partial charge in [0.05, 0.1) is 28.8 Å². The summed E-state index contributed by atoms with van der Waals surface area (Å²) in [6, 6.07) is 0. The molecular weight excluding hydrogens is 178 g/mol. The zero-order valence-corrected chi connectivity index (χ0v) is 6.80. The van der Waals surface area contributed by atoms with E-state index in [4.69, 9.17) is 17.2 Å². The molecule has 0 aliphatic carbocycles. The van der Waals surface area contributed by atoms with Crippen LogP contribution in [0.15, 0.2) is 6.20 Å². The fourth-order valence-electron chi connectivity index (χ4n) is 1.00. The third-order valence-electron chi connectivity index (χ3n) is 1.68. The number of anilines is 2. The van der Waals surface area contributed by atoms with Gasteiger partial charge in [0.25, 0.3) is 6.43 Å². The molecule has 0 aromatic carbocycles. The number of nitrogens with two attached hydrogens (primary N) is 3. The van der Waals surface area contributed by atoms with Crippen molar-refractivity contribution in [2.45, 2.75) is 13.0 Å². The zero-order chi connectivity index (χ0) is 10.0. The van der Waals surface area contributed by atoms with E-state index in [0.29, 0.717) is 0 Å². The Balaban J connectivity index is 3.30. The normalized spacial score (nSPS) is 10.8. The van der Waals surface area contributed by atoms with Crippen LogP contribution in [-0.2, 0) is 6.54 Å². The van der Waals surface area contributed by atoms with Gasteiger partial charge in [-0.1, -0.05) is 0 Å². The van der Waals surface area contributed by atoms with Crippen molar-refractivity contribution >= 4 is 11.4 Å². The molecule has 0 aliphatic rings. The average Bonchev–Trinajstić information content (AvgIpc) is 2.04. The molecule has 0 aliphatic heterocycles. The van der Waals surface area contributed by atoms with E-state index in [2.05, 4.69) is 4.98 Å². The van der Waals surface area contributed by atoms with Crippen molar-refractivity contribution < 1.29 is 8.78 Å². The van der Waals surface area contributed by atoms with E-state index in [0.717, 1.165) is 6.20 Å². The molecule has 0 saturated carbocycles. The van der Waals surface area contributed by atoms with Gasteiger partial charge in [-0.25, -0.2) is 8.78 Å². The first-order valence-electron chi connectivity index (χ1n) is 3.58. The van der Waals surface area contributed by atoms with Crippen LogP contribution in [0.5, 0.6) is 0 Å². The van der Waals surface area contributed by atoms with Crippen molar-refractivity contribution in [1.82, 2.24) is 4.98 Å². The highest BCUT2D eigenvalue weighted by atomic mass is 19.3. The Morgan fingerprint density at radius 3 is 2.46 bits per heavy atom. The Kier molecular flexibility index (Phi) is 2.62. The number of aromatic nitrogens is 1. The number of rotatable bonds is 2. The maximum Gasteiger partial charge on any atom is 0.267 e. The van der Waals surface area contributed by atoms with E-state index in [1.54, 1.807) is 0 Å². The number of hydrogen-bond acceptors (Lipinski definition) is 4. The summed E-state index contributed by atoms with van der Waals surface area (Å²) in [6.45, 7) is 0.0197. The zero-order valence-electron chi connectivity index (χ0n) is 6.80. The second kappa shape index (κ2) is 3.53. The summed E-state index contributed by atoms with van der Waals surface area (Å²) in [7, 11) is 0. The summed E-state index contributed by atoms with van der Waals surface area (Å²) in [5.41, 5.74) is 15.6. The maximum absolute atomic E-state index is 12.4. The van der Waals surface area contributed by atoms with Crippen molar-refractivity contribution in [2.24, 2.45) is 5.73 Å². The van der Waals surface area contributed by atoms with Crippen molar-refractivity contribution in [3.05, 3.63) is 17.5 Å². The number of alkyl halides is 2. The van der Waals surface area contributed by atoms with Gasteiger partial charge in [-0.15, -0.1) is 0 Å². The molecule has 0 atom stereocenters. The molecule has 1 rings (SSSR count). The number of nitrogen functional groups attached to an aromatic ring is 2. The topological polar surface area (TPSA) is 90.9 Å². The third kappa shape index (κ3) is 1.67. The minimum atomic E-state index is -2.70. The molecule has 4 nitrogen and oxygen atoms in total. The Morgan fingerprint density at radius 1 is 1.38 bits per heavy atom. The number of nitrogens with zero attached hydrogens (tertiary/aromatic N) is 1. The van der Waals surface area contributed by atoms with Crippen LogP contribution in [0.25, 0.3) is 0 Å². The quantitative estimate of drug-likeness (QED) is 0.635. The third-order valence-corrected chi connectivity index (χ3v) is 1.68. The predicted molar refractivity (Wildman–Crippen MR) is 45.9 cm³/mol. The summed E-state index contributed by atoms with van der Waals surface area (Å²) in [5.74, 6) is 0. The SMILES string of the molecule is NCc1ncc(N)c(C(F)F)c1N. The largest absolute Gasteiger partial charge is 0.397 e. The number of hydrogen-bond donors (Lipinski definition) is 3. The highest BCUT2D eigenvalue weighted by Gasteiger charge is 2.17. The Hall–Kier alpha value is -1.43. The summed E-state index contributed by atoms with van der Waals surface area (Å²) in [6.07, 6.45) is -1.56. The molecule has 1 aromatic rings. The molecule has 0 saturated heterocycles. The fraction of sp³-hybridized carbons (Fsp3) is 0.286. The van der Waals surface area contributed by atoms with Crippen LogP contribution in [0.4, 0.5) is 20.2 Å². The highest BCUT2D eigenvalue weighted by molar-refractivity contribution is 5.63. The van der Waals surface area contributed by atoms with E-state index in [1.165, 1.54) is 0 Å². The summed E-state index contributed by atoms with van der Waals surface area (Å²) >= 11 is 0. The molecule has 0 radical (unpaired) electrons. The number of halogens is 2. The Bertz CT molecular complexity index is 314. The van der Waals surface area contributed by atoms with Gasteiger partial charge in [0.1, 0.15) is 0 Å². The molecule has 0 bridgehead atoms. The van der Waals surface area contributed by atoms with Gasteiger partial charge >= 0.3 is 0 Å². The highest BCUT2D eigenvalue weighted by Crippen LogP contribution is 2.31. The van der Waals surface area contributed by atoms with E-state index in [1.807, 2.05) is 0 Å².